The number of ether oxygens (including phenoxy) is 1. The quantitative estimate of drug-likeness (QED) is 0.888. The summed E-state index contributed by atoms with van der Waals surface area (Å²) in [5, 5.41) is 10.3. The standard InChI is InChI=1S/C15H21NO2/c1-16-10-6-12(7-11-16)18-14-5-3-2-4-13(14)15(17)8-9-15/h2-5,12,17H,6-11H2,1H3. The summed E-state index contributed by atoms with van der Waals surface area (Å²) in [4.78, 5) is 2.33. The summed E-state index contributed by atoms with van der Waals surface area (Å²) in [5.41, 5.74) is 0.367. The lowest BCUT2D eigenvalue weighted by molar-refractivity contribution is 0.103. The SMILES string of the molecule is CN1CCC(Oc2ccccc2C2(O)CC2)CC1. The Hall–Kier alpha value is -1.06. The van der Waals surface area contributed by atoms with Crippen LogP contribution < -0.4 is 4.74 Å². The van der Waals surface area contributed by atoms with Gasteiger partial charge >= 0.3 is 0 Å². The van der Waals surface area contributed by atoms with Crippen LogP contribution in [0.3, 0.4) is 0 Å². The third-order valence-corrected chi connectivity index (χ3v) is 4.07. The van der Waals surface area contributed by atoms with E-state index < -0.39 is 5.60 Å². The van der Waals surface area contributed by atoms with Gasteiger partial charge in [0.2, 0.25) is 0 Å². The Kier molecular flexibility index (Phi) is 3.04. The van der Waals surface area contributed by atoms with Crippen LogP contribution in [-0.4, -0.2) is 36.2 Å². The van der Waals surface area contributed by atoms with Crippen LogP contribution in [0.4, 0.5) is 0 Å². The summed E-state index contributed by atoms with van der Waals surface area (Å²) in [6.07, 6.45) is 4.17. The lowest BCUT2D eigenvalue weighted by Gasteiger charge is -2.30. The van der Waals surface area contributed by atoms with Crippen molar-refractivity contribution in [3.63, 3.8) is 0 Å². The Labute approximate surface area is 108 Å². The molecule has 0 radical (unpaired) electrons. The molecule has 3 rings (SSSR count). The molecule has 98 valence electrons. The molecule has 1 heterocycles. The van der Waals surface area contributed by atoms with E-state index in [1.807, 2.05) is 24.3 Å². The highest BCUT2D eigenvalue weighted by molar-refractivity contribution is 5.41. The van der Waals surface area contributed by atoms with Crippen molar-refractivity contribution in [1.82, 2.24) is 4.90 Å². The maximum absolute atomic E-state index is 10.3. The highest BCUT2D eigenvalue weighted by Crippen LogP contribution is 2.48. The first kappa shape index (κ1) is 12.0. The van der Waals surface area contributed by atoms with E-state index in [4.69, 9.17) is 4.74 Å². The molecule has 0 amide bonds. The number of aliphatic hydroxyl groups is 1. The van der Waals surface area contributed by atoms with Crippen molar-refractivity contribution in [3.05, 3.63) is 29.8 Å². The molecule has 0 atom stereocenters. The molecular formula is C15H21NO2. The van der Waals surface area contributed by atoms with Crippen LogP contribution in [0.25, 0.3) is 0 Å². The molecule has 0 unspecified atom stereocenters. The highest BCUT2D eigenvalue weighted by Gasteiger charge is 2.44. The molecule has 1 aliphatic carbocycles. The lowest BCUT2D eigenvalue weighted by atomic mass is 10.1. The average Bonchev–Trinajstić information content (AvgIpc) is 3.12. The van der Waals surface area contributed by atoms with E-state index in [0.717, 1.165) is 50.1 Å². The average molecular weight is 247 g/mol. The van der Waals surface area contributed by atoms with Crippen molar-refractivity contribution in [2.75, 3.05) is 20.1 Å². The summed E-state index contributed by atoms with van der Waals surface area (Å²) in [6, 6.07) is 7.95. The second-order valence-corrected chi connectivity index (χ2v) is 5.65. The summed E-state index contributed by atoms with van der Waals surface area (Å²) in [6.45, 7) is 2.19. The van der Waals surface area contributed by atoms with E-state index in [2.05, 4.69) is 11.9 Å². The number of hydrogen-bond donors (Lipinski definition) is 1. The van der Waals surface area contributed by atoms with Crippen LogP contribution >= 0.6 is 0 Å². The normalized spacial score (nSPS) is 23.9. The van der Waals surface area contributed by atoms with Crippen LogP contribution in [0.2, 0.25) is 0 Å². The summed E-state index contributed by atoms with van der Waals surface area (Å²) in [5.74, 6) is 0.882. The number of para-hydroxylation sites is 1. The van der Waals surface area contributed by atoms with Crippen molar-refractivity contribution < 1.29 is 9.84 Å². The molecule has 1 saturated carbocycles. The van der Waals surface area contributed by atoms with Gasteiger partial charge in [-0.15, -0.1) is 0 Å². The van der Waals surface area contributed by atoms with E-state index in [1.54, 1.807) is 0 Å². The van der Waals surface area contributed by atoms with Crippen LogP contribution in [0.15, 0.2) is 24.3 Å². The Bertz CT molecular complexity index is 420. The zero-order valence-electron chi connectivity index (χ0n) is 10.9. The van der Waals surface area contributed by atoms with Gasteiger partial charge in [-0.3, -0.25) is 0 Å². The monoisotopic (exact) mass is 247 g/mol. The van der Waals surface area contributed by atoms with E-state index >= 15 is 0 Å². The number of benzene rings is 1. The van der Waals surface area contributed by atoms with E-state index in [0.29, 0.717) is 6.10 Å². The van der Waals surface area contributed by atoms with Gasteiger partial charge in [0.25, 0.3) is 0 Å². The lowest BCUT2D eigenvalue weighted by Crippen LogP contribution is -2.35. The highest BCUT2D eigenvalue weighted by atomic mass is 16.5. The molecule has 3 heteroatoms. The molecule has 1 aromatic rings. The van der Waals surface area contributed by atoms with Gasteiger partial charge in [0.15, 0.2) is 0 Å². The third kappa shape index (κ3) is 2.38. The minimum absolute atomic E-state index is 0.296. The maximum Gasteiger partial charge on any atom is 0.125 e. The number of nitrogens with zero attached hydrogens (tertiary/aromatic N) is 1. The fourth-order valence-corrected chi connectivity index (χ4v) is 2.62. The predicted molar refractivity (Wildman–Crippen MR) is 70.7 cm³/mol. The Morgan fingerprint density at radius 2 is 1.89 bits per heavy atom. The van der Waals surface area contributed by atoms with Crippen molar-refractivity contribution in [1.29, 1.82) is 0 Å². The first-order valence-corrected chi connectivity index (χ1v) is 6.84. The molecule has 1 aliphatic heterocycles. The number of likely N-dealkylation sites (tertiary alicyclic amines) is 1. The Balaban J connectivity index is 1.73. The fourth-order valence-electron chi connectivity index (χ4n) is 2.62. The van der Waals surface area contributed by atoms with Gasteiger partial charge in [-0.1, -0.05) is 18.2 Å². The van der Waals surface area contributed by atoms with Crippen molar-refractivity contribution >= 4 is 0 Å². The van der Waals surface area contributed by atoms with E-state index in [-0.39, 0.29) is 0 Å². The molecule has 0 bridgehead atoms. The molecule has 1 saturated heterocycles. The molecule has 0 spiro atoms. The number of rotatable bonds is 3. The Morgan fingerprint density at radius 1 is 1.22 bits per heavy atom. The molecule has 1 aromatic carbocycles. The number of piperidine rings is 1. The van der Waals surface area contributed by atoms with Crippen LogP contribution in [0.5, 0.6) is 5.75 Å². The van der Waals surface area contributed by atoms with Gasteiger partial charge in [0, 0.05) is 18.7 Å². The largest absolute Gasteiger partial charge is 0.490 e. The van der Waals surface area contributed by atoms with E-state index in [1.165, 1.54) is 0 Å². The molecule has 2 aliphatic rings. The smallest absolute Gasteiger partial charge is 0.125 e. The fraction of sp³-hybridized carbons (Fsp3) is 0.600. The summed E-state index contributed by atoms with van der Waals surface area (Å²) >= 11 is 0. The van der Waals surface area contributed by atoms with Gasteiger partial charge in [-0.2, -0.15) is 0 Å². The van der Waals surface area contributed by atoms with Gasteiger partial charge in [0.1, 0.15) is 11.9 Å². The predicted octanol–water partition coefficient (Wildman–Crippen LogP) is 2.14. The van der Waals surface area contributed by atoms with Crippen LogP contribution in [0.1, 0.15) is 31.2 Å². The topological polar surface area (TPSA) is 32.7 Å². The van der Waals surface area contributed by atoms with Crippen molar-refractivity contribution in [2.45, 2.75) is 37.4 Å². The van der Waals surface area contributed by atoms with E-state index in [9.17, 15) is 5.11 Å². The molecule has 1 N–H and O–H groups in total. The summed E-state index contributed by atoms with van der Waals surface area (Å²) in [7, 11) is 2.15. The van der Waals surface area contributed by atoms with Gasteiger partial charge in [-0.05, 0) is 38.8 Å². The molecular weight excluding hydrogens is 226 g/mol. The molecule has 0 aromatic heterocycles. The maximum atomic E-state index is 10.3. The minimum Gasteiger partial charge on any atom is -0.490 e. The van der Waals surface area contributed by atoms with Crippen LogP contribution in [-0.2, 0) is 5.60 Å². The van der Waals surface area contributed by atoms with Crippen LogP contribution in [0, 0.1) is 0 Å². The van der Waals surface area contributed by atoms with Crippen molar-refractivity contribution in [3.8, 4) is 5.75 Å². The first-order valence-electron chi connectivity index (χ1n) is 6.84. The van der Waals surface area contributed by atoms with Crippen molar-refractivity contribution in [2.24, 2.45) is 0 Å². The van der Waals surface area contributed by atoms with Gasteiger partial charge in [-0.25, -0.2) is 0 Å². The van der Waals surface area contributed by atoms with Gasteiger partial charge < -0.3 is 14.7 Å². The first-order chi connectivity index (χ1) is 8.67. The summed E-state index contributed by atoms with van der Waals surface area (Å²) < 4.78 is 6.11. The molecule has 3 nitrogen and oxygen atoms in total. The molecule has 2 fully saturated rings. The minimum atomic E-state index is -0.609. The molecule has 18 heavy (non-hydrogen) atoms. The second kappa shape index (κ2) is 4.56. The zero-order valence-corrected chi connectivity index (χ0v) is 10.9. The second-order valence-electron chi connectivity index (χ2n) is 5.65. The number of hydrogen-bond acceptors (Lipinski definition) is 3. The zero-order chi connectivity index (χ0) is 12.6. The Morgan fingerprint density at radius 3 is 2.56 bits per heavy atom. The third-order valence-electron chi connectivity index (χ3n) is 4.07. The van der Waals surface area contributed by atoms with Gasteiger partial charge in [0.05, 0.1) is 5.60 Å².